The van der Waals surface area contributed by atoms with Gasteiger partial charge in [0, 0.05) is 0 Å². The van der Waals surface area contributed by atoms with E-state index in [1.165, 1.54) is 6.07 Å². The zero-order chi connectivity index (χ0) is 13.0. The van der Waals surface area contributed by atoms with Gasteiger partial charge in [-0.2, -0.15) is 0 Å². The number of anilines is 1. The molecule has 1 aromatic rings. The summed E-state index contributed by atoms with van der Waals surface area (Å²) in [6, 6.07) is 2.61. The normalized spacial score (nSPS) is 12.6. The molecule has 0 radical (unpaired) electrons. The predicted molar refractivity (Wildman–Crippen MR) is 62.4 cm³/mol. The number of carbonyl (C=O) groups excluding carboxylic acids is 1. The number of carbonyl (C=O) groups is 1. The van der Waals surface area contributed by atoms with Crippen LogP contribution in [0.2, 0.25) is 0 Å². The summed E-state index contributed by atoms with van der Waals surface area (Å²) in [7, 11) is 0. The van der Waals surface area contributed by atoms with E-state index in [4.69, 9.17) is 5.73 Å². The predicted octanol–water partition coefficient (Wildman–Crippen LogP) is 2.28. The Morgan fingerprint density at radius 1 is 1.35 bits per heavy atom. The molecule has 94 valence electrons. The first kappa shape index (κ1) is 13.6. The average molecular weight is 242 g/mol. The van der Waals surface area contributed by atoms with Crippen LogP contribution >= 0.6 is 0 Å². The molecular weight excluding hydrogens is 226 g/mol. The van der Waals surface area contributed by atoms with E-state index in [1.54, 1.807) is 0 Å². The fourth-order valence-electron chi connectivity index (χ4n) is 1.45. The van der Waals surface area contributed by atoms with Gasteiger partial charge in [-0.15, -0.1) is 0 Å². The Labute approximate surface area is 99.0 Å². The Kier molecular flexibility index (Phi) is 4.57. The maximum Gasteiger partial charge on any atom is 0.241 e. The first-order chi connectivity index (χ1) is 7.91. The van der Waals surface area contributed by atoms with Crippen molar-refractivity contribution in [3.8, 4) is 0 Å². The van der Waals surface area contributed by atoms with Gasteiger partial charge in [-0.05, 0) is 24.5 Å². The van der Waals surface area contributed by atoms with Gasteiger partial charge in [-0.3, -0.25) is 4.79 Å². The minimum Gasteiger partial charge on any atom is -0.320 e. The van der Waals surface area contributed by atoms with Crippen molar-refractivity contribution in [1.29, 1.82) is 0 Å². The average Bonchev–Trinajstić information content (AvgIpc) is 2.22. The molecule has 1 atom stereocenters. The quantitative estimate of drug-likeness (QED) is 0.851. The molecule has 0 saturated carbocycles. The lowest BCUT2D eigenvalue weighted by Crippen LogP contribution is -2.37. The Balaban J connectivity index is 2.74. The summed E-state index contributed by atoms with van der Waals surface area (Å²) < 4.78 is 26.5. The molecule has 0 spiro atoms. The topological polar surface area (TPSA) is 55.1 Å². The van der Waals surface area contributed by atoms with Crippen LogP contribution in [0.3, 0.4) is 0 Å². The highest BCUT2D eigenvalue weighted by Crippen LogP contribution is 2.18. The maximum absolute atomic E-state index is 13.2. The van der Waals surface area contributed by atoms with Crippen LogP contribution in [0.25, 0.3) is 0 Å². The summed E-state index contributed by atoms with van der Waals surface area (Å²) in [6.07, 6.45) is 0.460. The minimum atomic E-state index is -0.810. The fraction of sp³-hybridized carbons (Fsp3) is 0.417. The van der Waals surface area contributed by atoms with Gasteiger partial charge >= 0.3 is 0 Å². The number of rotatable bonds is 4. The number of benzene rings is 1. The molecule has 1 rings (SSSR count). The third kappa shape index (κ3) is 3.78. The van der Waals surface area contributed by atoms with Crippen molar-refractivity contribution in [2.75, 3.05) is 5.32 Å². The van der Waals surface area contributed by atoms with E-state index in [0.717, 1.165) is 12.1 Å². The smallest absolute Gasteiger partial charge is 0.241 e. The van der Waals surface area contributed by atoms with Crippen molar-refractivity contribution in [3.05, 3.63) is 29.8 Å². The fourth-order valence-corrected chi connectivity index (χ4v) is 1.45. The number of halogens is 2. The lowest BCUT2D eigenvalue weighted by Gasteiger charge is -2.14. The van der Waals surface area contributed by atoms with Crippen LogP contribution in [0.15, 0.2) is 18.2 Å². The summed E-state index contributed by atoms with van der Waals surface area (Å²) in [5.74, 6) is -1.96. The summed E-state index contributed by atoms with van der Waals surface area (Å²) >= 11 is 0. The van der Waals surface area contributed by atoms with Gasteiger partial charge in [-0.25, -0.2) is 8.78 Å². The van der Waals surface area contributed by atoms with E-state index in [0.29, 0.717) is 6.42 Å². The van der Waals surface area contributed by atoms with Crippen molar-refractivity contribution in [2.45, 2.75) is 26.3 Å². The Morgan fingerprint density at radius 2 is 1.88 bits per heavy atom. The number of nitrogens with two attached hydrogens (primary N) is 1. The van der Waals surface area contributed by atoms with E-state index in [-0.39, 0.29) is 5.92 Å². The molecule has 0 aliphatic heterocycles. The number of para-hydroxylation sites is 1. The molecule has 3 nitrogen and oxygen atoms in total. The van der Waals surface area contributed by atoms with Gasteiger partial charge in [0.2, 0.25) is 5.91 Å². The van der Waals surface area contributed by atoms with E-state index in [9.17, 15) is 13.6 Å². The molecule has 0 saturated heterocycles. The highest BCUT2D eigenvalue weighted by Gasteiger charge is 2.18. The molecular formula is C12H16F2N2O. The molecule has 0 aliphatic carbocycles. The van der Waals surface area contributed by atoms with Gasteiger partial charge in [0.25, 0.3) is 0 Å². The molecule has 5 heteroatoms. The van der Waals surface area contributed by atoms with Crippen LogP contribution in [0.5, 0.6) is 0 Å². The first-order valence-corrected chi connectivity index (χ1v) is 5.42. The van der Waals surface area contributed by atoms with Crippen LogP contribution in [0, 0.1) is 17.6 Å². The zero-order valence-corrected chi connectivity index (χ0v) is 9.84. The maximum atomic E-state index is 13.2. The van der Waals surface area contributed by atoms with E-state index >= 15 is 0 Å². The number of amides is 1. The minimum absolute atomic E-state index is 0.237. The van der Waals surface area contributed by atoms with Crippen molar-refractivity contribution in [3.63, 3.8) is 0 Å². The second-order valence-corrected chi connectivity index (χ2v) is 4.32. The standard InChI is InChI=1S/C12H16F2N2O/c1-7(2)6-10(15)12(17)16-11-8(13)4-3-5-9(11)14/h3-5,7,10H,6,15H2,1-2H3,(H,16,17)/t10-/m1/s1. The molecule has 0 aliphatic rings. The second-order valence-electron chi connectivity index (χ2n) is 4.32. The second kappa shape index (κ2) is 5.72. The van der Waals surface area contributed by atoms with Crippen LogP contribution in [-0.2, 0) is 4.79 Å². The summed E-state index contributed by atoms with van der Waals surface area (Å²) in [4.78, 5) is 11.6. The number of hydrogen-bond acceptors (Lipinski definition) is 2. The molecule has 1 amide bonds. The van der Waals surface area contributed by atoms with Gasteiger partial charge in [0.05, 0.1) is 6.04 Å². The summed E-state index contributed by atoms with van der Waals surface area (Å²) in [5.41, 5.74) is 5.16. The lowest BCUT2D eigenvalue weighted by atomic mass is 10.0. The third-order valence-electron chi connectivity index (χ3n) is 2.27. The van der Waals surface area contributed by atoms with Gasteiger partial charge < -0.3 is 11.1 Å². The molecule has 1 aromatic carbocycles. The SMILES string of the molecule is CC(C)C[C@@H](N)C(=O)Nc1c(F)cccc1F. The first-order valence-electron chi connectivity index (χ1n) is 5.42. The van der Waals surface area contributed by atoms with E-state index in [2.05, 4.69) is 5.32 Å². The largest absolute Gasteiger partial charge is 0.320 e. The highest BCUT2D eigenvalue weighted by molar-refractivity contribution is 5.94. The molecule has 3 N–H and O–H groups in total. The molecule has 0 aromatic heterocycles. The third-order valence-corrected chi connectivity index (χ3v) is 2.27. The molecule has 0 heterocycles. The number of nitrogens with one attached hydrogen (secondary N) is 1. The van der Waals surface area contributed by atoms with Gasteiger partial charge in [0.15, 0.2) is 0 Å². The van der Waals surface area contributed by atoms with Crippen molar-refractivity contribution in [2.24, 2.45) is 11.7 Å². The lowest BCUT2D eigenvalue weighted by molar-refractivity contribution is -0.117. The van der Waals surface area contributed by atoms with Crippen molar-refractivity contribution >= 4 is 11.6 Å². The molecule has 0 unspecified atom stereocenters. The van der Waals surface area contributed by atoms with Crippen LogP contribution in [-0.4, -0.2) is 11.9 Å². The Hall–Kier alpha value is -1.49. The number of hydrogen-bond donors (Lipinski definition) is 2. The highest BCUT2D eigenvalue weighted by atomic mass is 19.1. The van der Waals surface area contributed by atoms with Crippen LogP contribution in [0.1, 0.15) is 20.3 Å². The van der Waals surface area contributed by atoms with E-state index < -0.39 is 29.3 Å². The van der Waals surface area contributed by atoms with Gasteiger partial charge in [-0.1, -0.05) is 19.9 Å². The van der Waals surface area contributed by atoms with Gasteiger partial charge in [0.1, 0.15) is 17.3 Å². The molecule has 0 bridgehead atoms. The van der Waals surface area contributed by atoms with Crippen molar-refractivity contribution < 1.29 is 13.6 Å². The van der Waals surface area contributed by atoms with Crippen LogP contribution < -0.4 is 11.1 Å². The van der Waals surface area contributed by atoms with Crippen molar-refractivity contribution in [1.82, 2.24) is 0 Å². The Bertz CT molecular complexity index is 387. The monoisotopic (exact) mass is 242 g/mol. The van der Waals surface area contributed by atoms with Crippen LogP contribution in [0.4, 0.5) is 14.5 Å². The summed E-state index contributed by atoms with van der Waals surface area (Å²) in [5, 5.41) is 2.17. The molecule has 17 heavy (non-hydrogen) atoms. The molecule has 0 fully saturated rings. The summed E-state index contributed by atoms with van der Waals surface area (Å²) in [6.45, 7) is 3.83. The van der Waals surface area contributed by atoms with E-state index in [1.807, 2.05) is 13.8 Å². The Morgan fingerprint density at radius 3 is 2.35 bits per heavy atom. The zero-order valence-electron chi connectivity index (χ0n) is 9.84.